The molecular weight excluding hydrogens is 294 g/mol. The van der Waals surface area contributed by atoms with Crippen LogP contribution in [0.2, 0.25) is 0 Å². The highest BCUT2D eigenvalue weighted by atomic mass is 32.2. The first-order valence-corrected chi connectivity index (χ1v) is 8.09. The van der Waals surface area contributed by atoms with Crippen LogP contribution in [0.25, 0.3) is 0 Å². The summed E-state index contributed by atoms with van der Waals surface area (Å²) < 4.78 is 31.2. The highest BCUT2D eigenvalue weighted by Gasteiger charge is 2.27. The zero-order chi connectivity index (χ0) is 16.0. The van der Waals surface area contributed by atoms with Gasteiger partial charge in [-0.3, -0.25) is 0 Å². The van der Waals surface area contributed by atoms with Crippen molar-refractivity contribution in [1.29, 1.82) is 0 Å². The lowest BCUT2D eigenvalue weighted by atomic mass is 10.2. The normalized spacial score (nSPS) is 11.9. The van der Waals surface area contributed by atoms with Crippen molar-refractivity contribution < 1.29 is 23.1 Å². The second kappa shape index (κ2) is 7.53. The molecule has 0 amide bonds. The quantitative estimate of drug-likeness (QED) is 0.766. The Morgan fingerprint density at radius 2 is 2.05 bits per heavy atom. The van der Waals surface area contributed by atoms with Crippen LogP contribution in [0.15, 0.2) is 29.2 Å². The van der Waals surface area contributed by atoms with E-state index in [4.69, 9.17) is 5.11 Å². The van der Waals surface area contributed by atoms with E-state index < -0.39 is 16.0 Å². The van der Waals surface area contributed by atoms with Crippen LogP contribution in [-0.2, 0) is 14.8 Å². The summed E-state index contributed by atoms with van der Waals surface area (Å²) in [6.45, 7) is 3.66. The molecule has 0 aliphatic carbocycles. The zero-order valence-corrected chi connectivity index (χ0v) is 13.3. The maximum Gasteiger partial charge on any atom is 0.337 e. The average molecular weight is 315 g/mol. The first-order chi connectivity index (χ1) is 9.84. The number of benzene rings is 1. The number of carbonyl (C=O) groups is 1. The lowest BCUT2D eigenvalue weighted by Crippen LogP contribution is -2.38. The van der Waals surface area contributed by atoms with Gasteiger partial charge in [-0.25, -0.2) is 13.2 Å². The molecule has 0 aliphatic rings. The molecule has 0 radical (unpaired) electrons. The SMILES string of the molecule is COC(=O)c1cccc(S(=O)(=O)N(CCCO)C(C)C)c1. The maximum atomic E-state index is 12.6. The number of hydrogen-bond acceptors (Lipinski definition) is 5. The summed E-state index contributed by atoms with van der Waals surface area (Å²) >= 11 is 0. The standard InChI is InChI=1S/C14H21NO5S/c1-11(2)15(8-5-9-16)21(18,19)13-7-4-6-12(10-13)14(17)20-3/h4,6-7,10-11,16H,5,8-9H2,1-3H3. The molecule has 0 bridgehead atoms. The lowest BCUT2D eigenvalue weighted by Gasteiger charge is -2.25. The molecule has 0 saturated carbocycles. The number of aliphatic hydroxyl groups is 1. The molecule has 0 unspecified atom stereocenters. The number of carbonyl (C=O) groups excluding carboxylic acids is 1. The van der Waals surface area contributed by atoms with E-state index in [-0.39, 0.29) is 29.7 Å². The highest BCUT2D eigenvalue weighted by molar-refractivity contribution is 7.89. The fourth-order valence-corrected chi connectivity index (χ4v) is 3.64. The number of ether oxygens (including phenoxy) is 1. The summed E-state index contributed by atoms with van der Waals surface area (Å²) in [5.74, 6) is -0.585. The van der Waals surface area contributed by atoms with E-state index in [2.05, 4.69) is 4.74 Å². The van der Waals surface area contributed by atoms with Crippen molar-refractivity contribution in [2.24, 2.45) is 0 Å². The van der Waals surface area contributed by atoms with Crippen molar-refractivity contribution >= 4 is 16.0 Å². The molecule has 7 heteroatoms. The summed E-state index contributed by atoms with van der Waals surface area (Å²) in [7, 11) is -2.48. The van der Waals surface area contributed by atoms with Crippen LogP contribution in [0.4, 0.5) is 0 Å². The molecule has 0 fully saturated rings. The summed E-state index contributed by atoms with van der Waals surface area (Å²) in [5, 5.41) is 8.90. The first-order valence-electron chi connectivity index (χ1n) is 6.65. The lowest BCUT2D eigenvalue weighted by molar-refractivity contribution is 0.0600. The average Bonchev–Trinajstić information content (AvgIpc) is 2.46. The molecule has 0 aliphatic heterocycles. The first kappa shape index (κ1) is 17.6. The van der Waals surface area contributed by atoms with Gasteiger partial charge in [0.15, 0.2) is 0 Å². The second-order valence-electron chi connectivity index (χ2n) is 4.81. The Hall–Kier alpha value is -1.44. The maximum absolute atomic E-state index is 12.6. The van der Waals surface area contributed by atoms with Gasteiger partial charge in [0.05, 0.1) is 17.6 Å². The minimum absolute atomic E-state index is 0.0389. The van der Waals surface area contributed by atoms with Gasteiger partial charge in [0.25, 0.3) is 0 Å². The van der Waals surface area contributed by atoms with Gasteiger partial charge < -0.3 is 9.84 Å². The van der Waals surface area contributed by atoms with Gasteiger partial charge in [0.1, 0.15) is 0 Å². The van der Waals surface area contributed by atoms with Gasteiger partial charge in [-0.1, -0.05) is 6.07 Å². The third-order valence-corrected chi connectivity index (χ3v) is 5.05. The molecule has 1 aromatic rings. The highest BCUT2D eigenvalue weighted by Crippen LogP contribution is 2.20. The fraction of sp³-hybridized carbons (Fsp3) is 0.500. The number of nitrogens with zero attached hydrogens (tertiary/aromatic N) is 1. The Bertz CT molecular complexity index is 583. The number of aliphatic hydroxyl groups excluding tert-OH is 1. The van der Waals surface area contributed by atoms with E-state index in [9.17, 15) is 13.2 Å². The Labute approximate surface area is 125 Å². The van der Waals surface area contributed by atoms with Crippen LogP contribution in [-0.4, -0.2) is 50.1 Å². The predicted octanol–water partition coefficient (Wildman–Crippen LogP) is 1.25. The number of hydrogen-bond donors (Lipinski definition) is 1. The summed E-state index contributed by atoms with van der Waals surface area (Å²) in [5.41, 5.74) is 0.185. The number of methoxy groups -OCH3 is 1. The van der Waals surface area contributed by atoms with Gasteiger partial charge in [-0.2, -0.15) is 4.31 Å². The smallest absolute Gasteiger partial charge is 0.337 e. The van der Waals surface area contributed by atoms with E-state index in [1.807, 2.05) is 0 Å². The molecule has 1 aromatic carbocycles. The van der Waals surface area contributed by atoms with E-state index >= 15 is 0 Å². The minimum Gasteiger partial charge on any atom is -0.465 e. The molecule has 0 atom stereocenters. The summed E-state index contributed by atoms with van der Waals surface area (Å²) in [6, 6.07) is 5.50. The Balaban J connectivity index is 3.18. The molecule has 0 spiro atoms. The summed E-state index contributed by atoms with van der Waals surface area (Å²) in [6.07, 6.45) is 0.355. The van der Waals surface area contributed by atoms with Gasteiger partial charge in [-0.05, 0) is 38.5 Å². The molecule has 0 aromatic heterocycles. The van der Waals surface area contributed by atoms with Gasteiger partial charge in [0, 0.05) is 19.2 Å². The molecule has 1 rings (SSSR count). The van der Waals surface area contributed by atoms with Gasteiger partial charge in [0.2, 0.25) is 10.0 Å². The number of sulfonamides is 1. The third kappa shape index (κ3) is 4.26. The van der Waals surface area contributed by atoms with Crippen molar-refractivity contribution in [3.05, 3.63) is 29.8 Å². The van der Waals surface area contributed by atoms with Gasteiger partial charge >= 0.3 is 5.97 Å². The monoisotopic (exact) mass is 315 g/mol. The third-order valence-electron chi connectivity index (χ3n) is 2.97. The Morgan fingerprint density at radius 1 is 1.38 bits per heavy atom. The molecule has 118 valence electrons. The van der Waals surface area contributed by atoms with E-state index in [0.29, 0.717) is 6.42 Å². The molecule has 21 heavy (non-hydrogen) atoms. The molecule has 6 nitrogen and oxygen atoms in total. The number of esters is 1. The number of rotatable bonds is 7. The fourth-order valence-electron chi connectivity index (χ4n) is 1.92. The van der Waals surface area contributed by atoms with Crippen LogP contribution in [0, 0.1) is 0 Å². The van der Waals surface area contributed by atoms with Crippen LogP contribution in [0.3, 0.4) is 0 Å². The van der Waals surface area contributed by atoms with Gasteiger partial charge in [-0.15, -0.1) is 0 Å². The predicted molar refractivity (Wildman–Crippen MR) is 78.5 cm³/mol. The Morgan fingerprint density at radius 3 is 2.57 bits per heavy atom. The largest absolute Gasteiger partial charge is 0.465 e. The molecule has 1 N–H and O–H groups in total. The van der Waals surface area contributed by atoms with Crippen molar-refractivity contribution in [3.63, 3.8) is 0 Å². The minimum atomic E-state index is -3.72. The van der Waals surface area contributed by atoms with Crippen LogP contribution >= 0.6 is 0 Å². The Kier molecular flexibility index (Phi) is 6.32. The van der Waals surface area contributed by atoms with Crippen LogP contribution in [0.5, 0.6) is 0 Å². The molecule has 0 saturated heterocycles. The van der Waals surface area contributed by atoms with Crippen molar-refractivity contribution in [1.82, 2.24) is 4.31 Å². The van der Waals surface area contributed by atoms with Crippen molar-refractivity contribution in [2.75, 3.05) is 20.3 Å². The topological polar surface area (TPSA) is 83.9 Å². The second-order valence-corrected chi connectivity index (χ2v) is 6.70. The zero-order valence-electron chi connectivity index (χ0n) is 12.4. The van der Waals surface area contributed by atoms with E-state index in [1.165, 1.54) is 35.7 Å². The van der Waals surface area contributed by atoms with E-state index in [0.717, 1.165) is 0 Å². The summed E-state index contributed by atoms with van der Waals surface area (Å²) in [4.78, 5) is 11.5. The molecule has 0 heterocycles. The van der Waals surface area contributed by atoms with Crippen molar-refractivity contribution in [3.8, 4) is 0 Å². The van der Waals surface area contributed by atoms with Crippen molar-refractivity contribution in [2.45, 2.75) is 31.2 Å². The van der Waals surface area contributed by atoms with E-state index in [1.54, 1.807) is 13.8 Å². The molecular formula is C14H21NO5S. The van der Waals surface area contributed by atoms with Crippen LogP contribution < -0.4 is 0 Å². The van der Waals surface area contributed by atoms with Crippen LogP contribution in [0.1, 0.15) is 30.6 Å².